The Kier molecular flexibility index (Phi) is 7.95. The molecule has 25 heavy (non-hydrogen) atoms. The number of benzene rings is 3. The topological polar surface area (TPSA) is 35.5 Å². The minimum absolute atomic E-state index is 0.00678. The number of carbonyl (C=O) groups excluding carboxylic acids is 1. The predicted octanol–water partition coefficient (Wildman–Crippen LogP) is 4.73. The van der Waals surface area contributed by atoms with Gasteiger partial charge in [0.2, 0.25) is 0 Å². The van der Waals surface area contributed by atoms with Gasteiger partial charge in [0.05, 0.1) is 0 Å². The zero-order chi connectivity index (χ0) is 17.7. The molecule has 0 heterocycles. The van der Waals surface area contributed by atoms with Crippen molar-refractivity contribution in [1.29, 1.82) is 0 Å². The monoisotopic (exact) mass is 334 g/mol. The van der Waals surface area contributed by atoms with Crippen molar-refractivity contribution in [3.05, 3.63) is 96.6 Å². The summed E-state index contributed by atoms with van der Waals surface area (Å²) < 4.78 is 9.52. The Labute approximate surface area is 148 Å². The summed E-state index contributed by atoms with van der Waals surface area (Å²) in [6.45, 7) is 0.315. The molecule has 3 rings (SSSR count). The SMILES string of the molecule is COCC(=O)OCc1ccccc1.c1ccc(-c2ccccc2)cc1. The molecular formula is C22H22O3. The van der Waals surface area contributed by atoms with Crippen LogP contribution in [0.2, 0.25) is 0 Å². The van der Waals surface area contributed by atoms with Gasteiger partial charge < -0.3 is 9.47 Å². The second-order valence-electron chi connectivity index (χ2n) is 5.31. The zero-order valence-corrected chi connectivity index (χ0v) is 14.3. The second kappa shape index (κ2) is 10.8. The number of hydrogen-bond acceptors (Lipinski definition) is 3. The van der Waals surface area contributed by atoms with Gasteiger partial charge in [-0.3, -0.25) is 0 Å². The largest absolute Gasteiger partial charge is 0.459 e. The van der Waals surface area contributed by atoms with Crippen LogP contribution in [-0.2, 0) is 20.9 Å². The molecule has 0 fully saturated rings. The summed E-state index contributed by atoms with van der Waals surface area (Å²) in [5.41, 5.74) is 3.53. The predicted molar refractivity (Wildman–Crippen MR) is 100.0 cm³/mol. The lowest BCUT2D eigenvalue weighted by atomic mass is 10.1. The van der Waals surface area contributed by atoms with Crippen molar-refractivity contribution in [1.82, 2.24) is 0 Å². The first-order valence-corrected chi connectivity index (χ1v) is 8.08. The molecule has 3 nitrogen and oxygen atoms in total. The average Bonchev–Trinajstić information content (AvgIpc) is 2.69. The molecular weight excluding hydrogens is 312 g/mol. The van der Waals surface area contributed by atoms with Crippen molar-refractivity contribution in [3.63, 3.8) is 0 Å². The van der Waals surface area contributed by atoms with E-state index in [9.17, 15) is 4.79 Å². The van der Waals surface area contributed by atoms with E-state index in [-0.39, 0.29) is 12.6 Å². The van der Waals surface area contributed by atoms with Crippen LogP contribution in [0.15, 0.2) is 91.0 Å². The minimum atomic E-state index is -0.341. The molecule has 3 heteroatoms. The number of hydrogen-bond donors (Lipinski definition) is 0. The first-order valence-electron chi connectivity index (χ1n) is 8.08. The van der Waals surface area contributed by atoms with Crippen molar-refractivity contribution >= 4 is 5.97 Å². The van der Waals surface area contributed by atoms with E-state index in [1.165, 1.54) is 18.2 Å². The van der Waals surface area contributed by atoms with Crippen LogP contribution in [0, 0.1) is 0 Å². The van der Waals surface area contributed by atoms with Crippen LogP contribution in [0.25, 0.3) is 11.1 Å². The van der Waals surface area contributed by atoms with E-state index >= 15 is 0 Å². The van der Waals surface area contributed by atoms with Gasteiger partial charge in [-0.05, 0) is 16.7 Å². The zero-order valence-electron chi connectivity index (χ0n) is 14.3. The highest BCUT2D eigenvalue weighted by Gasteiger charge is 2.00. The highest BCUT2D eigenvalue weighted by atomic mass is 16.6. The fourth-order valence-electron chi connectivity index (χ4n) is 2.16. The molecule has 0 aliphatic rings. The first-order chi connectivity index (χ1) is 12.3. The Balaban J connectivity index is 0.000000181. The van der Waals surface area contributed by atoms with Crippen LogP contribution in [0.4, 0.5) is 0 Å². The third-order valence-corrected chi connectivity index (χ3v) is 3.39. The summed E-state index contributed by atoms with van der Waals surface area (Å²) >= 11 is 0. The van der Waals surface area contributed by atoms with Gasteiger partial charge in [-0.2, -0.15) is 0 Å². The molecule has 0 N–H and O–H groups in total. The number of ether oxygens (including phenoxy) is 2. The summed E-state index contributed by atoms with van der Waals surface area (Å²) in [6.07, 6.45) is 0. The summed E-state index contributed by atoms with van der Waals surface area (Å²) in [4.78, 5) is 10.9. The third-order valence-electron chi connectivity index (χ3n) is 3.39. The molecule has 0 unspecified atom stereocenters. The normalized spacial score (nSPS) is 9.64. The van der Waals surface area contributed by atoms with Crippen molar-refractivity contribution in [2.45, 2.75) is 6.61 Å². The van der Waals surface area contributed by atoms with E-state index in [1.807, 2.05) is 42.5 Å². The Bertz CT molecular complexity index is 687. The molecule has 0 bridgehead atoms. The first kappa shape index (κ1) is 18.4. The summed E-state index contributed by atoms with van der Waals surface area (Å²) in [5.74, 6) is -0.341. The minimum Gasteiger partial charge on any atom is -0.459 e. The van der Waals surface area contributed by atoms with Crippen molar-refractivity contribution in [3.8, 4) is 11.1 Å². The molecule has 3 aromatic rings. The number of methoxy groups -OCH3 is 1. The number of esters is 1. The molecule has 0 saturated heterocycles. The van der Waals surface area contributed by atoms with Crippen LogP contribution in [0.5, 0.6) is 0 Å². The highest BCUT2D eigenvalue weighted by molar-refractivity contribution is 5.70. The lowest BCUT2D eigenvalue weighted by molar-refractivity contribution is -0.149. The van der Waals surface area contributed by atoms with E-state index in [4.69, 9.17) is 4.74 Å². The van der Waals surface area contributed by atoms with E-state index in [0.717, 1.165) is 5.56 Å². The lowest BCUT2D eigenvalue weighted by Crippen LogP contribution is -2.10. The van der Waals surface area contributed by atoms with Crippen molar-refractivity contribution in [2.24, 2.45) is 0 Å². The molecule has 3 aromatic carbocycles. The summed E-state index contributed by atoms with van der Waals surface area (Å²) in [6, 6.07) is 30.3. The van der Waals surface area contributed by atoms with Gasteiger partial charge in [-0.1, -0.05) is 91.0 Å². The summed E-state index contributed by atoms with van der Waals surface area (Å²) in [5, 5.41) is 0. The van der Waals surface area contributed by atoms with Gasteiger partial charge in [0.15, 0.2) is 0 Å². The van der Waals surface area contributed by atoms with Crippen LogP contribution in [-0.4, -0.2) is 19.7 Å². The Morgan fingerprint density at radius 1 is 0.720 bits per heavy atom. The van der Waals surface area contributed by atoms with Crippen molar-refractivity contribution < 1.29 is 14.3 Å². The maximum absolute atomic E-state index is 10.9. The van der Waals surface area contributed by atoms with Gasteiger partial charge in [0.25, 0.3) is 0 Å². The second-order valence-corrected chi connectivity index (χ2v) is 5.31. The highest BCUT2D eigenvalue weighted by Crippen LogP contribution is 2.17. The fourth-order valence-corrected chi connectivity index (χ4v) is 2.16. The van der Waals surface area contributed by atoms with Gasteiger partial charge >= 0.3 is 5.97 Å². The smallest absolute Gasteiger partial charge is 0.332 e. The van der Waals surface area contributed by atoms with E-state index < -0.39 is 0 Å². The maximum Gasteiger partial charge on any atom is 0.332 e. The van der Waals surface area contributed by atoms with Crippen molar-refractivity contribution in [2.75, 3.05) is 13.7 Å². The van der Waals surface area contributed by atoms with Gasteiger partial charge in [0.1, 0.15) is 13.2 Å². The number of rotatable bonds is 5. The molecule has 0 amide bonds. The molecule has 0 radical (unpaired) electrons. The molecule has 128 valence electrons. The lowest BCUT2D eigenvalue weighted by Gasteiger charge is -2.03. The van der Waals surface area contributed by atoms with E-state index in [2.05, 4.69) is 53.3 Å². The van der Waals surface area contributed by atoms with E-state index in [0.29, 0.717) is 6.61 Å². The maximum atomic E-state index is 10.9. The Hall–Kier alpha value is -2.91. The molecule has 0 aromatic heterocycles. The molecule has 0 aliphatic heterocycles. The summed E-state index contributed by atoms with van der Waals surface area (Å²) in [7, 11) is 1.46. The number of carbonyl (C=O) groups is 1. The van der Waals surface area contributed by atoms with Crippen LogP contribution >= 0.6 is 0 Å². The average molecular weight is 334 g/mol. The van der Waals surface area contributed by atoms with Crippen LogP contribution in [0.1, 0.15) is 5.56 Å². The fraction of sp³-hybridized carbons (Fsp3) is 0.136. The Morgan fingerprint density at radius 2 is 1.16 bits per heavy atom. The van der Waals surface area contributed by atoms with Gasteiger partial charge in [-0.15, -0.1) is 0 Å². The Morgan fingerprint density at radius 3 is 1.60 bits per heavy atom. The third kappa shape index (κ3) is 7.02. The van der Waals surface area contributed by atoms with Crippen LogP contribution in [0.3, 0.4) is 0 Å². The molecule has 0 spiro atoms. The van der Waals surface area contributed by atoms with Crippen LogP contribution < -0.4 is 0 Å². The standard InChI is InChI=1S/C12H10.C10H12O3/c1-3-7-11(8-4-1)12-9-5-2-6-10-12;1-12-8-10(11)13-7-9-5-3-2-4-6-9/h1-10H;2-6H,7-8H2,1H3. The quantitative estimate of drug-likeness (QED) is 0.633. The van der Waals surface area contributed by atoms with E-state index in [1.54, 1.807) is 0 Å². The van der Waals surface area contributed by atoms with Gasteiger partial charge in [-0.25, -0.2) is 4.79 Å². The van der Waals surface area contributed by atoms with Gasteiger partial charge in [0, 0.05) is 7.11 Å². The molecule has 0 saturated carbocycles. The molecule has 0 atom stereocenters. The molecule has 0 aliphatic carbocycles.